The van der Waals surface area contributed by atoms with Crippen LogP contribution in [0.4, 0.5) is 0 Å². The highest BCUT2D eigenvalue weighted by Crippen LogP contribution is 2.13. The van der Waals surface area contributed by atoms with Gasteiger partial charge in [0.2, 0.25) is 0 Å². The van der Waals surface area contributed by atoms with Crippen molar-refractivity contribution in [2.75, 3.05) is 6.61 Å². The average Bonchev–Trinajstić information content (AvgIpc) is 2.78. The van der Waals surface area contributed by atoms with Crippen molar-refractivity contribution in [1.29, 1.82) is 5.26 Å². The second kappa shape index (κ2) is 10.3. The van der Waals surface area contributed by atoms with Gasteiger partial charge in [-0.2, -0.15) is 10.4 Å². The van der Waals surface area contributed by atoms with E-state index < -0.39 is 0 Å². The summed E-state index contributed by atoms with van der Waals surface area (Å²) in [5.41, 5.74) is 4.76. The van der Waals surface area contributed by atoms with Gasteiger partial charge >= 0.3 is 0 Å². The van der Waals surface area contributed by atoms with Crippen LogP contribution in [0.3, 0.4) is 0 Å². The quantitative estimate of drug-likeness (QED) is 0.470. The van der Waals surface area contributed by atoms with Crippen molar-refractivity contribution < 1.29 is 14.3 Å². The van der Waals surface area contributed by atoms with Gasteiger partial charge in [-0.3, -0.25) is 4.79 Å². The lowest BCUT2D eigenvalue weighted by Gasteiger charge is -2.06. The highest BCUT2D eigenvalue weighted by atomic mass is 16.5. The maximum atomic E-state index is 12.2. The Morgan fingerprint density at radius 1 is 0.931 bits per heavy atom. The summed E-state index contributed by atoms with van der Waals surface area (Å²) in [4.78, 5) is 12.2. The molecule has 0 saturated carbocycles. The Balaban J connectivity index is 1.49. The van der Waals surface area contributed by atoms with E-state index in [9.17, 15) is 4.79 Å². The summed E-state index contributed by atoms with van der Waals surface area (Å²) < 4.78 is 10.9. The Morgan fingerprint density at radius 2 is 1.62 bits per heavy atom. The van der Waals surface area contributed by atoms with E-state index in [4.69, 9.17) is 14.7 Å². The maximum absolute atomic E-state index is 12.2. The third-order valence-corrected chi connectivity index (χ3v) is 3.93. The minimum atomic E-state index is -0.300. The van der Waals surface area contributed by atoms with E-state index in [1.165, 1.54) is 6.21 Å². The van der Waals surface area contributed by atoms with Crippen molar-refractivity contribution >= 4 is 12.1 Å². The van der Waals surface area contributed by atoms with Gasteiger partial charge in [0.05, 0.1) is 6.21 Å². The zero-order valence-electron chi connectivity index (χ0n) is 15.6. The highest BCUT2D eigenvalue weighted by Gasteiger charge is 2.04. The molecular weight excluding hydrogens is 366 g/mol. The van der Waals surface area contributed by atoms with Crippen LogP contribution in [0.2, 0.25) is 0 Å². The zero-order chi connectivity index (χ0) is 20.3. The monoisotopic (exact) mass is 385 g/mol. The van der Waals surface area contributed by atoms with Crippen molar-refractivity contribution in [3.63, 3.8) is 0 Å². The fourth-order valence-electron chi connectivity index (χ4n) is 2.43. The molecular formula is C23H19N3O3. The molecule has 6 nitrogen and oxygen atoms in total. The van der Waals surface area contributed by atoms with Gasteiger partial charge in [0.1, 0.15) is 24.2 Å². The standard InChI is InChI=1S/C23H19N3O3/c24-14-15-28-22-12-8-18(9-13-22)16-25-26-23(27)20-10-6-19(7-11-20)17-29-21-4-2-1-3-5-21/h1-13,16H,15,17H2,(H,26,27)/b25-16-. The molecule has 0 radical (unpaired) electrons. The Morgan fingerprint density at radius 3 is 2.31 bits per heavy atom. The number of benzene rings is 3. The number of carbonyl (C=O) groups is 1. The summed E-state index contributed by atoms with van der Waals surface area (Å²) in [6, 6.07) is 25.7. The first-order valence-electron chi connectivity index (χ1n) is 8.94. The van der Waals surface area contributed by atoms with Crippen LogP contribution in [0.25, 0.3) is 0 Å². The fourth-order valence-corrected chi connectivity index (χ4v) is 2.43. The lowest BCUT2D eigenvalue weighted by atomic mass is 10.1. The molecule has 0 aliphatic heterocycles. The van der Waals surface area contributed by atoms with E-state index in [2.05, 4.69) is 10.5 Å². The number of hydrogen-bond donors (Lipinski definition) is 1. The summed E-state index contributed by atoms with van der Waals surface area (Å²) in [6.45, 7) is 0.429. The third-order valence-electron chi connectivity index (χ3n) is 3.93. The van der Waals surface area contributed by atoms with Crippen molar-refractivity contribution in [3.05, 3.63) is 95.6 Å². The van der Waals surface area contributed by atoms with Crippen molar-refractivity contribution in [1.82, 2.24) is 5.43 Å². The summed E-state index contributed by atoms with van der Waals surface area (Å²) >= 11 is 0. The van der Waals surface area contributed by atoms with Gasteiger partial charge in [-0.1, -0.05) is 30.3 Å². The lowest BCUT2D eigenvalue weighted by Crippen LogP contribution is -2.17. The van der Waals surface area contributed by atoms with Gasteiger partial charge in [-0.05, 0) is 59.7 Å². The van der Waals surface area contributed by atoms with E-state index in [-0.39, 0.29) is 12.5 Å². The molecule has 1 amide bonds. The number of nitrogens with zero attached hydrogens (tertiary/aromatic N) is 2. The molecule has 0 aliphatic rings. The number of para-hydroxylation sites is 1. The highest BCUT2D eigenvalue weighted by molar-refractivity contribution is 5.94. The minimum absolute atomic E-state index is 0.000658. The number of nitriles is 1. The number of rotatable bonds is 8. The van der Waals surface area contributed by atoms with E-state index in [0.717, 1.165) is 16.9 Å². The molecule has 0 aliphatic carbocycles. The lowest BCUT2D eigenvalue weighted by molar-refractivity contribution is 0.0955. The molecule has 0 spiro atoms. The second-order valence-electron chi connectivity index (χ2n) is 6.01. The van der Waals surface area contributed by atoms with E-state index in [1.807, 2.05) is 48.5 Å². The Kier molecular flexibility index (Phi) is 6.97. The number of hydrazone groups is 1. The molecule has 144 valence electrons. The predicted octanol–water partition coefficient (Wildman–Crippen LogP) is 3.93. The van der Waals surface area contributed by atoms with Crippen molar-refractivity contribution in [3.8, 4) is 17.6 Å². The number of hydrogen-bond acceptors (Lipinski definition) is 5. The van der Waals surface area contributed by atoms with Crippen LogP contribution in [0.1, 0.15) is 21.5 Å². The third kappa shape index (κ3) is 6.22. The van der Waals surface area contributed by atoms with Crippen LogP contribution in [-0.4, -0.2) is 18.7 Å². The summed E-state index contributed by atoms with van der Waals surface area (Å²) in [5, 5.41) is 12.5. The Bertz CT molecular complexity index is 992. The maximum Gasteiger partial charge on any atom is 0.271 e. The molecule has 6 heteroatoms. The van der Waals surface area contributed by atoms with Crippen LogP contribution in [0.15, 0.2) is 84.0 Å². The SMILES string of the molecule is N#CCOc1ccc(/C=N\NC(=O)c2ccc(COc3ccccc3)cc2)cc1. The number of carbonyl (C=O) groups excluding carboxylic acids is 1. The van der Waals surface area contributed by atoms with Crippen LogP contribution in [0.5, 0.6) is 11.5 Å². The average molecular weight is 385 g/mol. The molecule has 29 heavy (non-hydrogen) atoms. The molecule has 0 fully saturated rings. The van der Waals surface area contributed by atoms with Gasteiger partial charge in [0.15, 0.2) is 6.61 Å². The number of nitrogens with one attached hydrogen (secondary N) is 1. The van der Waals surface area contributed by atoms with Crippen molar-refractivity contribution in [2.45, 2.75) is 6.61 Å². The van der Waals surface area contributed by atoms with E-state index >= 15 is 0 Å². The Labute approximate surface area is 169 Å². The molecule has 3 aromatic carbocycles. The van der Waals surface area contributed by atoms with Gasteiger partial charge in [0.25, 0.3) is 5.91 Å². The van der Waals surface area contributed by atoms with E-state index in [1.54, 1.807) is 36.4 Å². The molecule has 0 heterocycles. The normalized spacial score (nSPS) is 10.3. The number of ether oxygens (including phenoxy) is 2. The number of amides is 1. The zero-order valence-corrected chi connectivity index (χ0v) is 15.6. The largest absolute Gasteiger partial charge is 0.489 e. The molecule has 0 unspecified atom stereocenters. The Hall–Kier alpha value is -4.11. The molecule has 3 aromatic rings. The smallest absolute Gasteiger partial charge is 0.271 e. The fraction of sp³-hybridized carbons (Fsp3) is 0.0870. The first-order chi connectivity index (χ1) is 14.2. The molecule has 1 N–H and O–H groups in total. The van der Waals surface area contributed by atoms with Gasteiger partial charge in [-0.15, -0.1) is 0 Å². The van der Waals surface area contributed by atoms with Crippen LogP contribution >= 0.6 is 0 Å². The molecule has 0 atom stereocenters. The molecule has 3 rings (SSSR count). The molecule has 0 aromatic heterocycles. The van der Waals surface area contributed by atoms with E-state index in [0.29, 0.717) is 17.9 Å². The topological polar surface area (TPSA) is 83.7 Å². The predicted molar refractivity (Wildman–Crippen MR) is 110 cm³/mol. The van der Waals surface area contributed by atoms with Gasteiger partial charge in [-0.25, -0.2) is 5.43 Å². The second-order valence-corrected chi connectivity index (χ2v) is 6.01. The minimum Gasteiger partial charge on any atom is -0.489 e. The molecule has 0 saturated heterocycles. The first-order valence-corrected chi connectivity index (χ1v) is 8.94. The van der Waals surface area contributed by atoms with Crippen LogP contribution in [0, 0.1) is 11.3 Å². The van der Waals surface area contributed by atoms with Gasteiger partial charge < -0.3 is 9.47 Å². The summed E-state index contributed by atoms with van der Waals surface area (Å²) in [6.07, 6.45) is 1.54. The van der Waals surface area contributed by atoms with Crippen molar-refractivity contribution in [2.24, 2.45) is 5.10 Å². The van der Waals surface area contributed by atoms with Gasteiger partial charge in [0, 0.05) is 5.56 Å². The van der Waals surface area contributed by atoms with Crippen LogP contribution < -0.4 is 14.9 Å². The summed E-state index contributed by atoms with van der Waals surface area (Å²) in [5.74, 6) is 1.10. The summed E-state index contributed by atoms with van der Waals surface area (Å²) in [7, 11) is 0. The van der Waals surface area contributed by atoms with Crippen LogP contribution in [-0.2, 0) is 6.61 Å². The molecule has 0 bridgehead atoms. The first kappa shape index (κ1) is 19.6.